The molecule has 32 heavy (non-hydrogen) atoms. The van der Waals surface area contributed by atoms with E-state index in [1.807, 2.05) is 37.3 Å². The smallest absolute Gasteiger partial charge is 0.119 e. The van der Waals surface area contributed by atoms with Crippen LogP contribution < -0.4 is 4.74 Å². The van der Waals surface area contributed by atoms with Crippen LogP contribution in [0.25, 0.3) is 0 Å². The van der Waals surface area contributed by atoms with E-state index in [2.05, 4.69) is 0 Å². The minimum Gasteiger partial charge on any atom is -0.494 e. The molecule has 1 heterocycles. The third-order valence-corrected chi connectivity index (χ3v) is 5.29. The number of hydrogen-bond acceptors (Lipinski definition) is 7. The van der Waals surface area contributed by atoms with Gasteiger partial charge in [-0.05, 0) is 55.2 Å². The number of rotatable bonds is 6. The zero-order valence-corrected chi connectivity index (χ0v) is 18.4. The molecule has 1 fully saturated rings. The zero-order chi connectivity index (χ0) is 23.0. The molecule has 7 nitrogen and oxygen atoms in total. The fourth-order valence-electron chi connectivity index (χ4n) is 3.37. The molecule has 3 rings (SSSR count). The SMILES string of the molecule is C.CCO.CCOc1ccc(Cc2cc([C@@H]3O[C@H](CO)[C@@H](O)[C@H](O)[C@H]3O)ccc2Cl)cc1. The second kappa shape index (κ2) is 13.7. The third-order valence-electron chi connectivity index (χ3n) is 4.92. The molecular formula is C24H35ClO7. The quantitative estimate of drug-likeness (QED) is 0.440. The third kappa shape index (κ3) is 7.15. The molecule has 0 bridgehead atoms. The molecule has 2 aromatic rings. The monoisotopic (exact) mass is 470 g/mol. The minimum atomic E-state index is -1.42. The second-order valence-corrected chi connectivity index (χ2v) is 7.58. The van der Waals surface area contributed by atoms with Gasteiger partial charge in [0.2, 0.25) is 0 Å². The van der Waals surface area contributed by atoms with E-state index in [0.29, 0.717) is 23.6 Å². The Bertz CT molecular complexity index is 797. The van der Waals surface area contributed by atoms with Crippen LogP contribution in [0.1, 0.15) is 44.1 Å². The van der Waals surface area contributed by atoms with Crippen molar-refractivity contribution in [3.8, 4) is 5.75 Å². The van der Waals surface area contributed by atoms with Gasteiger partial charge in [-0.1, -0.05) is 43.3 Å². The highest BCUT2D eigenvalue weighted by atomic mass is 35.5. The Kier molecular flexibility index (Phi) is 12.2. The Morgan fingerprint density at radius 3 is 2.12 bits per heavy atom. The summed E-state index contributed by atoms with van der Waals surface area (Å²) in [6.07, 6.45) is -5.39. The highest BCUT2D eigenvalue weighted by Gasteiger charge is 2.43. The Hall–Kier alpha value is -1.71. The standard InChI is InChI=1S/C21H25ClO6.C2H6O.CH4/c1-2-27-15-6-3-12(4-7-15)9-14-10-13(5-8-16(14)22)21-20(26)19(25)18(24)17(11-23)28-21;1-2-3;/h3-8,10,17-21,23-26H,2,9,11H2,1H3;3H,2H2,1H3;1H4/t17-,18-,19+,20-,21+;;/m1../s1. The summed E-state index contributed by atoms with van der Waals surface area (Å²) in [5.74, 6) is 0.799. The van der Waals surface area contributed by atoms with Gasteiger partial charge in [-0.15, -0.1) is 0 Å². The van der Waals surface area contributed by atoms with Crippen LogP contribution in [-0.4, -0.2) is 69.8 Å². The van der Waals surface area contributed by atoms with Crippen LogP contribution >= 0.6 is 11.6 Å². The molecule has 0 saturated carbocycles. The first kappa shape index (κ1) is 28.3. The van der Waals surface area contributed by atoms with Crippen LogP contribution in [0.5, 0.6) is 5.75 Å². The van der Waals surface area contributed by atoms with Gasteiger partial charge in [0.15, 0.2) is 0 Å². The number of aliphatic hydroxyl groups is 5. The number of hydrogen-bond donors (Lipinski definition) is 5. The van der Waals surface area contributed by atoms with Crippen LogP contribution in [0.15, 0.2) is 42.5 Å². The van der Waals surface area contributed by atoms with Crippen molar-refractivity contribution in [2.75, 3.05) is 19.8 Å². The van der Waals surface area contributed by atoms with Crippen LogP contribution in [-0.2, 0) is 11.2 Å². The van der Waals surface area contributed by atoms with Gasteiger partial charge in [0.25, 0.3) is 0 Å². The molecule has 5 atom stereocenters. The predicted molar refractivity (Wildman–Crippen MR) is 124 cm³/mol. The molecule has 0 unspecified atom stereocenters. The van der Waals surface area contributed by atoms with E-state index in [4.69, 9.17) is 26.2 Å². The molecule has 1 aliphatic rings. The van der Waals surface area contributed by atoms with E-state index in [1.54, 1.807) is 19.1 Å². The lowest BCUT2D eigenvalue weighted by Gasteiger charge is -2.40. The number of ether oxygens (including phenoxy) is 2. The van der Waals surface area contributed by atoms with E-state index in [0.717, 1.165) is 16.9 Å². The molecule has 0 aliphatic carbocycles. The molecule has 1 aliphatic heterocycles. The summed E-state index contributed by atoms with van der Waals surface area (Å²) in [4.78, 5) is 0. The fourth-order valence-corrected chi connectivity index (χ4v) is 3.56. The molecule has 8 heteroatoms. The van der Waals surface area contributed by atoms with Gasteiger partial charge < -0.3 is 35.0 Å². The van der Waals surface area contributed by atoms with E-state index in [1.165, 1.54) is 0 Å². The van der Waals surface area contributed by atoms with Crippen molar-refractivity contribution < 1.29 is 35.0 Å². The fraction of sp³-hybridized carbons (Fsp3) is 0.500. The highest BCUT2D eigenvalue weighted by Crippen LogP contribution is 2.34. The lowest BCUT2D eigenvalue weighted by atomic mass is 9.90. The molecule has 0 radical (unpaired) electrons. The Morgan fingerprint density at radius 2 is 1.56 bits per heavy atom. The molecule has 1 saturated heterocycles. The summed E-state index contributed by atoms with van der Waals surface area (Å²) in [5.41, 5.74) is 2.49. The molecule has 5 N–H and O–H groups in total. The maximum absolute atomic E-state index is 10.3. The topological polar surface area (TPSA) is 120 Å². The van der Waals surface area contributed by atoms with Gasteiger partial charge in [0, 0.05) is 11.6 Å². The molecule has 0 aromatic heterocycles. The molecule has 2 aromatic carbocycles. The lowest BCUT2D eigenvalue weighted by molar-refractivity contribution is -0.231. The maximum Gasteiger partial charge on any atom is 0.119 e. The lowest BCUT2D eigenvalue weighted by Crippen LogP contribution is -2.55. The van der Waals surface area contributed by atoms with Crippen LogP contribution in [0.4, 0.5) is 0 Å². The van der Waals surface area contributed by atoms with Gasteiger partial charge in [0.05, 0.1) is 13.2 Å². The average molecular weight is 471 g/mol. The summed E-state index contributed by atoms with van der Waals surface area (Å²) in [5, 5.41) is 47.8. The molecule has 180 valence electrons. The number of halogens is 1. The van der Waals surface area contributed by atoms with Gasteiger partial charge in [-0.3, -0.25) is 0 Å². The zero-order valence-electron chi connectivity index (χ0n) is 17.7. The first-order valence-electron chi connectivity index (χ1n) is 10.3. The molecule has 0 amide bonds. The number of aliphatic hydroxyl groups excluding tert-OH is 5. The summed E-state index contributed by atoms with van der Waals surface area (Å²) in [7, 11) is 0. The normalized spacial score (nSPS) is 24.7. The number of benzene rings is 2. The van der Waals surface area contributed by atoms with Gasteiger partial charge >= 0.3 is 0 Å². The average Bonchev–Trinajstić information content (AvgIpc) is 2.76. The maximum atomic E-state index is 10.3. The summed E-state index contributed by atoms with van der Waals surface area (Å²) < 4.78 is 11.1. The largest absolute Gasteiger partial charge is 0.494 e. The van der Waals surface area contributed by atoms with Gasteiger partial charge in [0.1, 0.15) is 36.3 Å². The summed E-state index contributed by atoms with van der Waals surface area (Å²) in [6.45, 7) is 4.00. The van der Waals surface area contributed by atoms with Crippen molar-refractivity contribution in [1.29, 1.82) is 0 Å². The summed E-state index contributed by atoms with van der Waals surface area (Å²) in [6, 6.07) is 12.9. The van der Waals surface area contributed by atoms with Crippen molar-refractivity contribution in [3.63, 3.8) is 0 Å². The molecular weight excluding hydrogens is 436 g/mol. The Labute approximate surface area is 194 Å². The van der Waals surface area contributed by atoms with Crippen molar-refractivity contribution in [2.24, 2.45) is 0 Å². The first-order chi connectivity index (χ1) is 14.9. The molecule has 0 spiro atoms. The summed E-state index contributed by atoms with van der Waals surface area (Å²) >= 11 is 6.35. The van der Waals surface area contributed by atoms with E-state index < -0.39 is 37.1 Å². The van der Waals surface area contributed by atoms with Crippen LogP contribution in [0, 0.1) is 0 Å². The van der Waals surface area contributed by atoms with Crippen LogP contribution in [0.2, 0.25) is 5.02 Å². The van der Waals surface area contributed by atoms with Crippen molar-refractivity contribution in [2.45, 2.75) is 58.2 Å². The van der Waals surface area contributed by atoms with Crippen molar-refractivity contribution >= 4 is 11.6 Å². The van der Waals surface area contributed by atoms with E-state index >= 15 is 0 Å². The Morgan fingerprint density at radius 1 is 0.938 bits per heavy atom. The van der Waals surface area contributed by atoms with Crippen molar-refractivity contribution in [1.82, 2.24) is 0 Å². The van der Waals surface area contributed by atoms with Gasteiger partial charge in [-0.2, -0.15) is 0 Å². The highest BCUT2D eigenvalue weighted by molar-refractivity contribution is 6.31. The minimum absolute atomic E-state index is 0. The Balaban J connectivity index is 0.00000121. The van der Waals surface area contributed by atoms with Crippen molar-refractivity contribution in [3.05, 3.63) is 64.2 Å². The van der Waals surface area contributed by atoms with E-state index in [9.17, 15) is 20.4 Å². The first-order valence-corrected chi connectivity index (χ1v) is 10.6. The van der Waals surface area contributed by atoms with Gasteiger partial charge in [-0.25, -0.2) is 0 Å². The second-order valence-electron chi connectivity index (χ2n) is 7.17. The van der Waals surface area contributed by atoms with Crippen LogP contribution in [0.3, 0.4) is 0 Å². The van der Waals surface area contributed by atoms with E-state index in [-0.39, 0.29) is 14.0 Å². The predicted octanol–water partition coefficient (Wildman–Crippen LogP) is 2.48.